The minimum absolute atomic E-state index is 0.193. The fraction of sp³-hybridized carbons (Fsp3) is 0.889. The summed E-state index contributed by atoms with van der Waals surface area (Å²) < 4.78 is 26.7. The highest BCUT2D eigenvalue weighted by Gasteiger charge is 2.28. The summed E-state index contributed by atoms with van der Waals surface area (Å²) in [4.78, 5) is 10.8. The number of methoxy groups -OCH3 is 1. The van der Waals surface area contributed by atoms with Crippen molar-refractivity contribution in [1.82, 2.24) is 0 Å². The van der Waals surface area contributed by atoms with Crippen LogP contribution >= 0.6 is 10.8 Å². The SMILES string of the molecule is COC(=O)CCCCC1CCS(=O)(=O)S1. The van der Waals surface area contributed by atoms with Gasteiger partial charge in [-0.05, 0) is 30.1 Å². The van der Waals surface area contributed by atoms with Crippen LogP contribution in [0.4, 0.5) is 0 Å². The van der Waals surface area contributed by atoms with E-state index >= 15 is 0 Å². The van der Waals surface area contributed by atoms with Crippen LogP contribution in [-0.4, -0.2) is 32.5 Å². The van der Waals surface area contributed by atoms with Crippen LogP contribution in [0.1, 0.15) is 32.1 Å². The number of carbonyl (C=O) groups is 1. The van der Waals surface area contributed by atoms with Crippen molar-refractivity contribution < 1.29 is 17.9 Å². The first-order valence-electron chi connectivity index (χ1n) is 5.01. The monoisotopic (exact) mass is 252 g/mol. The molecule has 0 bridgehead atoms. The molecule has 88 valence electrons. The van der Waals surface area contributed by atoms with Crippen molar-refractivity contribution in [1.29, 1.82) is 0 Å². The van der Waals surface area contributed by atoms with E-state index in [1.165, 1.54) is 7.11 Å². The Morgan fingerprint density at radius 2 is 2.20 bits per heavy atom. The highest BCUT2D eigenvalue weighted by atomic mass is 33.1. The molecule has 0 aliphatic carbocycles. The van der Waals surface area contributed by atoms with Crippen LogP contribution in [0.5, 0.6) is 0 Å². The van der Waals surface area contributed by atoms with Gasteiger partial charge in [-0.15, -0.1) is 0 Å². The molecule has 0 radical (unpaired) electrons. The molecule has 1 aliphatic heterocycles. The summed E-state index contributed by atoms with van der Waals surface area (Å²) in [5.74, 6) is 0.112. The smallest absolute Gasteiger partial charge is 0.305 e. The van der Waals surface area contributed by atoms with Crippen molar-refractivity contribution in [3.05, 3.63) is 0 Å². The average Bonchev–Trinajstić information content (AvgIpc) is 2.52. The molecule has 15 heavy (non-hydrogen) atoms. The van der Waals surface area contributed by atoms with Crippen LogP contribution in [-0.2, 0) is 18.4 Å². The summed E-state index contributed by atoms with van der Waals surface area (Å²) in [6.07, 6.45) is 3.73. The Morgan fingerprint density at radius 1 is 1.47 bits per heavy atom. The van der Waals surface area contributed by atoms with Gasteiger partial charge in [-0.1, -0.05) is 6.42 Å². The lowest BCUT2D eigenvalue weighted by molar-refractivity contribution is -0.140. The molecule has 1 rings (SSSR count). The molecule has 0 N–H and O–H groups in total. The van der Waals surface area contributed by atoms with E-state index in [0.29, 0.717) is 12.2 Å². The zero-order chi connectivity index (χ0) is 11.3. The van der Waals surface area contributed by atoms with Crippen molar-refractivity contribution >= 4 is 25.6 Å². The molecule has 1 saturated heterocycles. The molecule has 1 aliphatic rings. The standard InChI is InChI=1S/C9H16O4S2/c1-13-9(10)5-3-2-4-8-6-7-15(11,12)14-8/h8H,2-7H2,1H3. The molecule has 1 unspecified atom stereocenters. The van der Waals surface area contributed by atoms with E-state index in [1.807, 2.05) is 0 Å². The van der Waals surface area contributed by atoms with Gasteiger partial charge in [-0.2, -0.15) is 0 Å². The van der Waals surface area contributed by atoms with E-state index in [0.717, 1.165) is 36.5 Å². The lowest BCUT2D eigenvalue weighted by atomic mass is 10.1. The number of esters is 1. The normalized spacial score (nSPS) is 23.9. The van der Waals surface area contributed by atoms with Gasteiger partial charge in [0.25, 0.3) is 0 Å². The molecular weight excluding hydrogens is 236 g/mol. The van der Waals surface area contributed by atoms with Crippen LogP contribution in [0.3, 0.4) is 0 Å². The first kappa shape index (κ1) is 12.8. The Morgan fingerprint density at radius 3 is 2.73 bits per heavy atom. The summed E-state index contributed by atoms with van der Waals surface area (Å²) in [5, 5.41) is 0.229. The molecule has 0 amide bonds. The van der Waals surface area contributed by atoms with Crippen LogP contribution < -0.4 is 0 Å². The summed E-state index contributed by atoms with van der Waals surface area (Å²) in [7, 11) is -0.363. The number of unbranched alkanes of at least 4 members (excludes halogenated alkanes) is 1. The van der Waals surface area contributed by atoms with Gasteiger partial charge in [0.05, 0.1) is 12.9 Å². The van der Waals surface area contributed by atoms with Gasteiger partial charge in [-0.25, -0.2) is 8.42 Å². The molecule has 0 aromatic rings. The minimum Gasteiger partial charge on any atom is -0.469 e. The first-order valence-corrected chi connectivity index (χ1v) is 8.06. The first-order chi connectivity index (χ1) is 7.03. The number of hydrogen-bond donors (Lipinski definition) is 0. The maximum absolute atomic E-state index is 11.1. The largest absolute Gasteiger partial charge is 0.469 e. The molecule has 0 saturated carbocycles. The third kappa shape index (κ3) is 4.88. The van der Waals surface area contributed by atoms with Crippen molar-refractivity contribution in [2.75, 3.05) is 12.9 Å². The van der Waals surface area contributed by atoms with Gasteiger partial charge >= 0.3 is 5.97 Å². The molecule has 1 heterocycles. The Labute approximate surface area is 94.1 Å². The van der Waals surface area contributed by atoms with E-state index in [1.54, 1.807) is 0 Å². The molecule has 0 aromatic heterocycles. The molecule has 0 spiro atoms. The number of hydrogen-bond acceptors (Lipinski definition) is 5. The van der Waals surface area contributed by atoms with E-state index in [4.69, 9.17) is 0 Å². The fourth-order valence-corrected chi connectivity index (χ4v) is 5.62. The van der Waals surface area contributed by atoms with Gasteiger partial charge in [0, 0.05) is 11.7 Å². The highest BCUT2D eigenvalue weighted by molar-refractivity contribution is 8.72. The number of ether oxygens (including phenoxy) is 1. The van der Waals surface area contributed by atoms with Crippen LogP contribution in [0, 0.1) is 0 Å². The number of rotatable bonds is 5. The van der Waals surface area contributed by atoms with Gasteiger partial charge in [0.1, 0.15) is 0 Å². The van der Waals surface area contributed by atoms with Gasteiger partial charge in [0.15, 0.2) is 0 Å². The van der Waals surface area contributed by atoms with Crippen LogP contribution in [0.15, 0.2) is 0 Å². The average molecular weight is 252 g/mol. The Balaban J connectivity index is 2.09. The maximum Gasteiger partial charge on any atom is 0.305 e. The Bertz CT molecular complexity index is 310. The van der Waals surface area contributed by atoms with E-state index < -0.39 is 8.87 Å². The second-order valence-corrected chi connectivity index (χ2v) is 8.07. The second kappa shape index (κ2) is 5.75. The summed E-state index contributed by atoms with van der Waals surface area (Å²) in [5.41, 5.74) is 0. The Kier molecular flexibility index (Phi) is 4.92. The van der Waals surface area contributed by atoms with Crippen molar-refractivity contribution in [2.24, 2.45) is 0 Å². The van der Waals surface area contributed by atoms with Gasteiger partial charge in [-0.3, -0.25) is 4.79 Å². The van der Waals surface area contributed by atoms with Gasteiger partial charge < -0.3 is 4.74 Å². The summed E-state index contributed by atoms with van der Waals surface area (Å²) in [6, 6.07) is 0. The number of carbonyl (C=O) groups excluding carboxylic acids is 1. The summed E-state index contributed by atoms with van der Waals surface area (Å²) >= 11 is 0. The molecule has 4 nitrogen and oxygen atoms in total. The highest BCUT2D eigenvalue weighted by Crippen LogP contribution is 2.34. The van der Waals surface area contributed by atoms with Crippen LogP contribution in [0.2, 0.25) is 0 Å². The third-order valence-corrected chi connectivity index (χ3v) is 6.33. The third-order valence-electron chi connectivity index (χ3n) is 2.36. The predicted octanol–water partition coefficient (Wildman–Crippen LogP) is 1.56. The molecule has 0 aromatic carbocycles. The molecule has 1 atom stereocenters. The fourth-order valence-electron chi connectivity index (χ4n) is 1.52. The molecule has 1 fully saturated rings. The predicted molar refractivity (Wildman–Crippen MR) is 60.3 cm³/mol. The maximum atomic E-state index is 11.1. The van der Waals surface area contributed by atoms with E-state index in [9.17, 15) is 13.2 Å². The van der Waals surface area contributed by atoms with E-state index in [-0.39, 0.29) is 11.2 Å². The minimum atomic E-state index is -2.83. The van der Waals surface area contributed by atoms with Crippen molar-refractivity contribution in [3.63, 3.8) is 0 Å². The van der Waals surface area contributed by atoms with Crippen molar-refractivity contribution in [2.45, 2.75) is 37.4 Å². The van der Waals surface area contributed by atoms with E-state index in [2.05, 4.69) is 4.74 Å². The second-order valence-electron chi connectivity index (χ2n) is 3.59. The Hall–Kier alpha value is -0.230. The van der Waals surface area contributed by atoms with Gasteiger partial charge in [0.2, 0.25) is 8.87 Å². The van der Waals surface area contributed by atoms with Crippen molar-refractivity contribution in [3.8, 4) is 0 Å². The lowest BCUT2D eigenvalue weighted by Crippen LogP contribution is -2.01. The molecular formula is C9H16O4S2. The quantitative estimate of drug-likeness (QED) is 0.422. The molecule has 6 heteroatoms. The topological polar surface area (TPSA) is 60.4 Å². The zero-order valence-electron chi connectivity index (χ0n) is 8.77. The lowest BCUT2D eigenvalue weighted by Gasteiger charge is -2.05. The zero-order valence-corrected chi connectivity index (χ0v) is 10.4. The van der Waals surface area contributed by atoms with Crippen LogP contribution in [0.25, 0.3) is 0 Å². The summed E-state index contributed by atoms with van der Waals surface area (Å²) in [6.45, 7) is 0.